The Morgan fingerprint density at radius 1 is 1.17 bits per heavy atom. The van der Waals surface area contributed by atoms with E-state index in [1.165, 1.54) is 44.2 Å². The molecule has 0 aromatic heterocycles. The molecule has 3 rings (SSSR count). The van der Waals surface area contributed by atoms with Gasteiger partial charge in [0.25, 0.3) is 0 Å². The van der Waals surface area contributed by atoms with Crippen LogP contribution in [0.3, 0.4) is 0 Å². The summed E-state index contributed by atoms with van der Waals surface area (Å²) in [5.74, 6) is 1.93. The zero-order valence-corrected chi connectivity index (χ0v) is 17.0. The lowest BCUT2D eigenvalue weighted by molar-refractivity contribution is 0.245. The van der Waals surface area contributed by atoms with Crippen LogP contribution < -0.4 is 10.6 Å². The average molecular weight is 442 g/mol. The highest BCUT2D eigenvalue weighted by atomic mass is 127. The van der Waals surface area contributed by atoms with Gasteiger partial charge in [-0.3, -0.25) is 9.89 Å². The minimum absolute atomic E-state index is 0. The first kappa shape index (κ1) is 19.5. The molecule has 5 heteroatoms. The van der Waals surface area contributed by atoms with Crippen LogP contribution in [0.1, 0.15) is 37.7 Å². The summed E-state index contributed by atoms with van der Waals surface area (Å²) in [5.41, 5.74) is 1.41. The molecule has 1 atom stereocenters. The van der Waals surface area contributed by atoms with Gasteiger partial charge in [-0.2, -0.15) is 0 Å². The van der Waals surface area contributed by atoms with Crippen LogP contribution in [-0.2, 0) is 6.54 Å². The second-order valence-corrected chi connectivity index (χ2v) is 6.86. The maximum absolute atomic E-state index is 4.35. The molecule has 1 unspecified atom stereocenters. The van der Waals surface area contributed by atoms with E-state index in [4.69, 9.17) is 0 Å². The molecular formula is C19H31IN4. The molecule has 0 spiro atoms. The number of hydrogen-bond acceptors (Lipinski definition) is 2. The molecule has 2 aliphatic rings. The fourth-order valence-corrected chi connectivity index (χ4v) is 3.39. The van der Waals surface area contributed by atoms with E-state index in [2.05, 4.69) is 50.9 Å². The molecule has 0 amide bonds. The molecule has 24 heavy (non-hydrogen) atoms. The van der Waals surface area contributed by atoms with Crippen LogP contribution in [0.5, 0.6) is 0 Å². The summed E-state index contributed by atoms with van der Waals surface area (Å²) in [6, 6.07) is 11.4. The maximum atomic E-state index is 4.35. The zero-order valence-electron chi connectivity index (χ0n) is 14.7. The Kier molecular flexibility index (Phi) is 8.32. The summed E-state index contributed by atoms with van der Waals surface area (Å²) in [6.07, 6.45) is 6.70. The summed E-state index contributed by atoms with van der Waals surface area (Å²) in [7, 11) is 1.86. The number of halogens is 1. The van der Waals surface area contributed by atoms with E-state index in [0.29, 0.717) is 6.04 Å². The molecule has 1 aromatic carbocycles. The first-order valence-electron chi connectivity index (χ1n) is 9.07. The van der Waals surface area contributed by atoms with Crippen molar-refractivity contribution in [2.45, 2.75) is 44.7 Å². The molecule has 1 aliphatic carbocycles. The van der Waals surface area contributed by atoms with Crippen LogP contribution in [0.4, 0.5) is 0 Å². The minimum atomic E-state index is 0. The van der Waals surface area contributed by atoms with Gasteiger partial charge in [-0.1, -0.05) is 43.2 Å². The molecule has 1 aromatic rings. The second-order valence-electron chi connectivity index (χ2n) is 6.86. The van der Waals surface area contributed by atoms with E-state index in [1.807, 2.05) is 7.05 Å². The van der Waals surface area contributed by atoms with Crippen LogP contribution in [0.25, 0.3) is 0 Å². The molecule has 0 radical (unpaired) electrons. The van der Waals surface area contributed by atoms with Gasteiger partial charge in [-0.25, -0.2) is 0 Å². The highest BCUT2D eigenvalue weighted by Crippen LogP contribution is 2.31. The molecule has 0 bridgehead atoms. The number of likely N-dealkylation sites (tertiary alicyclic amines) is 1. The summed E-state index contributed by atoms with van der Waals surface area (Å²) in [5, 5.41) is 6.97. The summed E-state index contributed by atoms with van der Waals surface area (Å²) in [6.45, 7) is 4.29. The third-order valence-corrected chi connectivity index (χ3v) is 5.00. The molecule has 1 heterocycles. The van der Waals surface area contributed by atoms with Gasteiger partial charge in [-0.15, -0.1) is 24.0 Å². The third-order valence-electron chi connectivity index (χ3n) is 5.00. The number of aliphatic imine (C=N–C) groups is 1. The lowest BCUT2D eigenvalue weighted by Gasteiger charge is -2.25. The van der Waals surface area contributed by atoms with Crippen LogP contribution in [-0.4, -0.2) is 43.6 Å². The Morgan fingerprint density at radius 3 is 2.67 bits per heavy atom. The van der Waals surface area contributed by atoms with Crippen molar-refractivity contribution in [3.8, 4) is 0 Å². The summed E-state index contributed by atoms with van der Waals surface area (Å²) < 4.78 is 0. The third kappa shape index (κ3) is 6.24. The fraction of sp³-hybridized carbons (Fsp3) is 0.632. The molecule has 4 nitrogen and oxygen atoms in total. The van der Waals surface area contributed by atoms with Gasteiger partial charge in [0, 0.05) is 32.7 Å². The van der Waals surface area contributed by atoms with Crippen LogP contribution in [0.15, 0.2) is 35.3 Å². The normalized spacial score (nSPS) is 21.4. The zero-order chi connectivity index (χ0) is 15.9. The standard InChI is InChI=1S/C19H30N4.HI/c1-20-19(21-12-11-16-9-10-16)22-14-18-8-5-13-23(18)15-17-6-3-2-4-7-17;/h2-4,6-7,16,18H,5,8-15H2,1H3,(H2,20,21,22);1H. The lowest BCUT2D eigenvalue weighted by Crippen LogP contribution is -2.44. The van der Waals surface area contributed by atoms with E-state index in [0.717, 1.165) is 31.5 Å². The molecule has 2 fully saturated rings. The van der Waals surface area contributed by atoms with Gasteiger partial charge in [0.2, 0.25) is 0 Å². The van der Waals surface area contributed by atoms with Crippen molar-refractivity contribution in [3.63, 3.8) is 0 Å². The number of nitrogens with one attached hydrogen (secondary N) is 2. The van der Waals surface area contributed by atoms with Crippen molar-refractivity contribution in [1.29, 1.82) is 0 Å². The second kappa shape index (κ2) is 10.2. The number of nitrogens with zero attached hydrogens (tertiary/aromatic N) is 2. The monoisotopic (exact) mass is 442 g/mol. The van der Waals surface area contributed by atoms with Crippen LogP contribution in [0, 0.1) is 5.92 Å². The van der Waals surface area contributed by atoms with Crippen LogP contribution in [0.2, 0.25) is 0 Å². The van der Waals surface area contributed by atoms with Gasteiger partial charge < -0.3 is 10.6 Å². The summed E-state index contributed by atoms with van der Waals surface area (Å²) >= 11 is 0. The van der Waals surface area contributed by atoms with E-state index in [1.54, 1.807) is 0 Å². The Labute approximate surface area is 163 Å². The van der Waals surface area contributed by atoms with Gasteiger partial charge in [-0.05, 0) is 37.3 Å². The van der Waals surface area contributed by atoms with E-state index in [-0.39, 0.29) is 24.0 Å². The van der Waals surface area contributed by atoms with Gasteiger partial charge in [0.15, 0.2) is 5.96 Å². The van der Waals surface area contributed by atoms with Crippen molar-refractivity contribution in [2.75, 3.05) is 26.7 Å². The van der Waals surface area contributed by atoms with Crippen LogP contribution >= 0.6 is 24.0 Å². The topological polar surface area (TPSA) is 39.7 Å². The first-order valence-corrected chi connectivity index (χ1v) is 9.07. The lowest BCUT2D eigenvalue weighted by atomic mass is 10.2. The highest BCUT2D eigenvalue weighted by Gasteiger charge is 2.24. The SMILES string of the molecule is CN=C(NCCC1CC1)NCC1CCCN1Cc1ccccc1.I. The molecule has 2 N–H and O–H groups in total. The van der Waals surface area contributed by atoms with Crippen molar-refractivity contribution >= 4 is 29.9 Å². The van der Waals surface area contributed by atoms with Gasteiger partial charge in [0.1, 0.15) is 0 Å². The van der Waals surface area contributed by atoms with E-state index < -0.39 is 0 Å². The van der Waals surface area contributed by atoms with Crippen molar-refractivity contribution < 1.29 is 0 Å². The minimum Gasteiger partial charge on any atom is -0.356 e. The van der Waals surface area contributed by atoms with Crippen molar-refractivity contribution in [2.24, 2.45) is 10.9 Å². The quantitative estimate of drug-likeness (QED) is 0.387. The van der Waals surface area contributed by atoms with Gasteiger partial charge >= 0.3 is 0 Å². The highest BCUT2D eigenvalue weighted by molar-refractivity contribution is 14.0. The molecule has 1 saturated heterocycles. The molecular weight excluding hydrogens is 411 g/mol. The Hall–Kier alpha value is -0.820. The molecule has 1 saturated carbocycles. The Bertz CT molecular complexity index is 501. The number of benzene rings is 1. The largest absolute Gasteiger partial charge is 0.356 e. The van der Waals surface area contributed by atoms with E-state index >= 15 is 0 Å². The molecule has 134 valence electrons. The van der Waals surface area contributed by atoms with Crippen molar-refractivity contribution in [3.05, 3.63) is 35.9 Å². The van der Waals surface area contributed by atoms with Crippen molar-refractivity contribution in [1.82, 2.24) is 15.5 Å². The maximum Gasteiger partial charge on any atom is 0.191 e. The smallest absolute Gasteiger partial charge is 0.191 e. The first-order chi connectivity index (χ1) is 11.3. The summed E-state index contributed by atoms with van der Waals surface area (Å²) in [4.78, 5) is 6.95. The Morgan fingerprint density at radius 2 is 1.96 bits per heavy atom. The predicted octanol–water partition coefficient (Wildman–Crippen LogP) is 3.23. The van der Waals surface area contributed by atoms with Gasteiger partial charge in [0.05, 0.1) is 0 Å². The van der Waals surface area contributed by atoms with E-state index in [9.17, 15) is 0 Å². The fourth-order valence-electron chi connectivity index (χ4n) is 3.39. The number of hydrogen-bond donors (Lipinski definition) is 2. The predicted molar refractivity (Wildman–Crippen MR) is 112 cm³/mol. The average Bonchev–Trinajstić information content (AvgIpc) is 3.31. The number of rotatable bonds is 7. The number of guanidine groups is 1. The molecule has 1 aliphatic heterocycles. The Balaban J connectivity index is 0.00000208.